The lowest BCUT2D eigenvalue weighted by Crippen LogP contribution is -2.51. The highest BCUT2D eigenvalue weighted by molar-refractivity contribution is 7.10. The fraction of sp³-hybridized carbons (Fsp3) is 0.500. The number of carbonyl (C=O) groups excluding carboxylic acids is 2. The van der Waals surface area contributed by atoms with Crippen LogP contribution < -0.4 is 10.1 Å². The Kier molecular flexibility index (Phi) is 7.82. The first-order valence-corrected chi connectivity index (χ1v) is 12.3. The molecule has 1 aromatic heterocycles. The Labute approximate surface area is 197 Å². The number of carbonyl (C=O) groups is 2. The van der Waals surface area contributed by atoms with Crippen LogP contribution in [0.1, 0.15) is 36.2 Å². The van der Waals surface area contributed by atoms with Crippen molar-refractivity contribution < 1.29 is 23.5 Å². The van der Waals surface area contributed by atoms with Gasteiger partial charge >= 0.3 is 6.03 Å². The van der Waals surface area contributed by atoms with Crippen molar-refractivity contribution in [2.24, 2.45) is 0 Å². The summed E-state index contributed by atoms with van der Waals surface area (Å²) >= 11 is 1.67. The molecule has 0 radical (unpaired) electrons. The number of nitrogens with one attached hydrogen (secondary N) is 1. The predicted octanol–water partition coefficient (Wildman–Crippen LogP) is 3.60. The van der Waals surface area contributed by atoms with Crippen LogP contribution in [0.5, 0.6) is 5.75 Å². The highest BCUT2D eigenvalue weighted by atomic mass is 32.1. The van der Waals surface area contributed by atoms with Crippen molar-refractivity contribution >= 4 is 23.3 Å². The van der Waals surface area contributed by atoms with E-state index >= 15 is 0 Å². The molecule has 2 atom stereocenters. The highest BCUT2D eigenvalue weighted by Gasteiger charge is 2.34. The Balaban J connectivity index is 1.48. The van der Waals surface area contributed by atoms with Crippen LogP contribution in [-0.2, 0) is 16.0 Å². The summed E-state index contributed by atoms with van der Waals surface area (Å²) in [6, 6.07) is 7.46. The molecule has 178 valence electrons. The van der Waals surface area contributed by atoms with Gasteiger partial charge < -0.3 is 24.6 Å². The molecule has 3 heterocycles. The largest absolute Gasteiger partial charge is 0.491 e. The maximum Gasteiger partial charge on any atom is 0.317 e. The summed E-state index contributed by atoms with van der Waals surface area (Å²) in [5, 5.41) is 4.82. The van der Waals surface area contributed by atoms with Gasteiger partial charge in [0.15, 0.2) is 0 Å². The van der Waals surface area contributed by atoms with Gasteiger partial charge in [-0.2, -0.15) is 0 Å². The molecule has 3 amide bonds. The Bertz CT molecular complexity index is 963. The number of nitrogens with zero attached hydrogens (tertiary/aromatic N) is 2. The van der Waals surface area contributed by atoms with E-state index in [2.05, 4.69) is 5.32 Å². The quantitative estimate of drug-likeness (QED) is 0.633. The third-order valence-electron chi connectivity index (χ3n) is 6.01. The van der Waals surface area contributed by atoms with Gasteiger partial charge in [-0.25, -0.2) is 9.18 Å². The smallest absolute Gasteiger partial charge is 0.317 e. The minimum Gasteiger partial charge on any atom is -0.491 e. The summed E-state index contributed by atoms with van der Waals surface area (Å²) in [5.41, 5.74) is 1.06. The fourth-order valence-corrected chi connectivity index (χ4v) is 5.31. The third kappa shape index (κ3) is 5.83. The lowest BCUT2D eigenvalue weighted by molar-refractivity contribution is -0.135. The standard InChI is InChI=1S/C24H30FN3O4S/c1-2-26-24(30)27(14-19-7-4-11-31-19)15-23(29)28-10-8-22-20(9-12-33-22)21(28)16-32-18-6-3-5-17(25)13-18/h3,5-6,9,12-13,19,21H,2,4,7-8,10-11,14-16H2,1H3,(H,26,30)/t19-,21-/m0/s1. The molecule has 9 heteroatoms. The van der Waals surface area contributed by atoms with Crippen LogP contribution in [0.25, 0.3) is 0 Å². The van der Waals surface area contributed by atoms with E-state index in [0.29, 0.717) is 32.0 Å². The third-order valence-corrected chi connectivity index (χ3v) is 7.01. The first kappa shape index (κ1) is 23.5. The zero-order chi connectivity index (χ0) is 23.2. The van der Waals surface area contributed by atoms with Crippen LogP contribution in [0, 0.1) is 5.82 Å². The maximum absolute atomic E-state index is 13.6. The van der Waals surface area contributed by atoms with Crippen LogP contribution in [0.15, 0.2) is 35.7 Å². The van der Waals surface area contributed by atoms with Gasteiger partial charge in [0, 0.05) is 37.2 Å². The summed E-state index contributed by atoms with van der Waals surface area (Å²) in [7, 11) is 0. The van der Waals surface area contributed by atoms with E-state index in [4.69, 9.17) is 9.47 Å². The van der Waals surface area contributed by atoms with Gasteiger partial charge in [-0.1, -0.05) is 6.07 Å². The molecular weight excluding hydrogens is 445 g/mol. The number of hydrogen-bond acceptors (Lipinski definition) is 5. The molecule has 0 bridgehead atoms. The van der Waals surface area contributed by atoms with Crippen molar-refractivity contribution in [3.8, 4) is 5.75 Å². The Hall–Kier alpha value is -2.65. The van der Waals surface area contributed by atoms with Crippen LogP contribution in [0.4, 0.5) is 9.18 Å². The Morgan fingerprint density at radius 3 is 3.00 bits per heavy atom. The number of benzene rings is 1. The highest BCUT2D eigenvalue weighted by Crippen LogP contribution is 2.34. The predicted molar refractivity (Wildman–Crippen MR) is 124 cm³/mol. The maximum atomic E-state index is 13.6. The lowest BCUT2D eigenvalue weighted by Gasteiger charge is -2.37. The van der Waals surface area contributed by atoms with Gasteiger partial charge in [0.25, 0.3) is 0 Å². The first-order chi connectivity index (χ1) is 16.0. The average Bonchev–Trinajstić information content (AvgIpc) is 3.49. The van der Waals surface area contributed by atoms with E-state index in [9.17, 15) is 14.0 Å². The minimum atomic E-state index is -0.369. The topological polar surface area (TPSA) is 71.1 Å². The molecule has 0 saturated carbocycles. The van der Waals surface area contributed by atoms with Gasteiger partial charge in [0.2, 0.25) is 5.91 Å². The van der Waals surface area contributed by atoms with Crippen LogP contribution >= 0.6 is 11.3 Å². The normalized spacial score (nSPS) is 19.8. The number of amides is 3. The number of hydrogen-bond donors (Lipinski definition) is 1. The van der Waals surface area contributed by atoms with Crippen molar-refractivity contribution in [3.05, 3.63) is 52.0 Å². The molecular formula is C24H30FN3O4S. The van der Waals surface area contributed by atoms with Gasteiger partial charge in [-0.15, -0.1) is 11.3 Å². The zero-order valence-corrected chi connectivity index (χ0v) is 19.6. The van der Waals surface area contributed by atoms with E-state index in [1.165, 1.54) is 17.0 Å². The van der Waals surface area contributed by atoms with Crippen molar-refractivity contribution in [1.29, 1.82) is 0 Å². The SMILES string of the molecule is CCNC(=O)N(CC(=O)N1CCc2sccc2[C@@H]1COc1cccc(F)c1)C[C@@H]1CCCO1. The van der Waals surface area contributed by atoms with Crippen LogP contribution in [-0.4, -0.2) is 67.2 Å². The van der Waals surface area contributed by atoms with E-state index in [0.717, 1.165) is 24.8 Å². The second-order valence-corrected chi connectivity index (χ2v) is 9.27. The fourth-order valence-electron chi connectivity index (χ4n) is 4.38. The number of fused-ring (bicyclic) bond motifs is 1. The molecule has 2 aliphatic rings. The van der Waals surface area contributed by atoms with Crippen molar-refractivity contribution in [3.63, 3.8) is 0 Å². The molecule has 1 fully saturated rings. The summed E-state index contributed by atoms with van der Waals surface area (Å²) < 4.78 is 25.2. The van der Waals surface area contributed by atoms with Crippen molar-refractivity contribution in [2.45, 2.75) is 38.3 Å². The first-order valence-electron chi connectivity index (χ1n) is 11.4. The average molecular weight is 476 g/mol. The molecule has 4 rings (SSSR count). The van der Waals surface area contributed by atoms with Crippen LogP contribution in [0.3, 0.4) is 0 Å². The second-order valence-electron chi connectivity index (χ2n) is 8.27. The van der Waals surface area contributed by atoms with Gasteiger partial charge in [-0.05, 0) is 55.3 Å². The number of halogens is 1. The summed E-state index contributed by atoms with van der Waals surface area (Å²) in [4.78, 5) is 30.7. The molecule has 0 unspecified atom stereocenters. The molecule has 2 aromatic rings. The number of urea groups is 1. The molecule has 1 N–H and O–H groups in total. The monoisotopic (exact) mass is 475 g/mol. The summed E-state index contributed by atoms with van der Waals surface area (Å²) in [6.07, 6.45) is 2.57. The molecule has 33 heavy (non-hydrogen) atoms. The van der Waals surface area contributed by atoms with Gasteiger partial charge in [0.05, 0.1) is 12.1 Å². The molecule has 2 aliphatic heterocycles. The van der Waals surface area contributed by atoms with E-state index < -0.39 is 0 Å². The zero-order valence-electron chi connectivity index (χ0n) is 18.8. The second kappa shape index (κ2) is 11.0. The number of ether oxygens (including phenoxy) is 2. The van der Waals surface area contributed by atoms with E-state index in [1.54, 1.807) is 33.3 Å². The van der Waals surface area contributed by atoms with E-state index in [1.807, 2.05) is 18.4 Å². The van der Waals surface area contributed by atoms with Crippen LogP contribution in [0.2, 0.25) is 0 Å². The number of thiophene rings is 1. The lowest BCUT2D eigenvalue weighted by atomic mass is 10.0. The van der Waals surface area contributed by atoms with Crippen molar-refractivity contribution in [2.75, 3.05) is 39.4 Å². The summed E-state index contributed by atoms with van der Waals surface area (Å²) in [5.74, 6) is -0.0805. The summed E-state index contributed by atoms with van der Waals surface area (Å²) in [6.45, 7) is 4.15. The van der Waals surface area contributed by atoms with Crippen molar-refractivity contribution in [1.82, 2.24) is 15.1 Å². The molecule has 1 aromatic carbocycles. The minimum absolute atomic E-state index is 0.0262. The Morgan fingerprint density at radius 2 is 2.24 bits per heavy atom. The Morgan fingerprint density at radius 1 is 1.36 bits per heavy atom. The molecule has 0 spiro atoms. The van der Waals surface area contributed by atoms with Gasteiger partial charge in [0.1, 0.15) is 24.7 Å². The molecule has 0 aliphatic carbocycles. The molecule has 7 nitrogen and oxygen atoms in total. The van der Waals surface area contributed by atoms with E-state index in [-0.39, 0.29) is 43.1 Å². The molecule has 1 saturated heterocycles. The number of rotatable bonds is 8. The van der Waals surface area contributed by atoms with Gasteiger partial charge in [-0.3, -0.25) is 4.79 Å².